The van der Waals surface area contributed by atoms with E-state index in [-0.39, 0.29) is 17.4 Å². The molecule has 0 unspecified atom stereocenters. The Labute approximate surface area is 150 Å². The average molecular weight is 375 g/mol. The molecule has 1 saturated heterocycles. The van der Waals surface area contributed by atoms with Crippen LogP contribution in [0.4, 0.5) is 0 Å². The number of sulfone groups is 1. The predicted octanol–water partition coefficient (Wildman–Crippen LogP) is 2.89. The lowest BCUT2D eigenvalue weighted by atomic mass is 10.1. The van der Waals surface area contributed by atoms with Crippen LogP contribution in [0.15, 0.2) is 46.0 Å². The van der Waals surface area contributed by atoms with E-state index in [1.807, 2.05) is 30.3 Å². The first-order valence-electron chi connectivity index (χ1n) is 8.08. The van der Waals surface area contributed by atoms with Crippen molar-refractivity contribution in [1.82, 2.24) is 15.2 Å². The Hall–Kier alpha value is -1.93. The summed E-state index contributed by atoms with van der Waals surface area (Å²) in [5.41, 5.74) is 1.92. The van der Waals surface area contributed by atoms with Gasteiger partial charge >= 0.3 is 0 Å². The number of nitrogens with zero attached hydrogens (tertiary/aromatic N) is 3. The molecule has 1 atom stereocenters. The molecule has 1 aromatic carbocycles. The Morgan fingerprint density at radius 2 is 2.04 bits per heavy atom. The van der Waals surface area contributed by atoms with Crippen molar-refractivity contribution in [3.8, 4) is 0 Å². The van der Waals surface area contributed by atoms with Crippen LogP contribution in [0.2, 0.25) is 0 Å². The maximum atomic E-state index is 11.5. The van der Waals surface area contributed by atoms with Crippen LogP contribution in [-0.4, -0.2) is 35.1 Å². The van der Waals surface area contributed by atoms with Crippen molar-refractivity contribution in [2.24, 2.45) is 5.92 Å². The van der Waals surface area contributed by atoms with Crippen LogP contribution in [0.3, 0.4) is 0 Å². The van der Waals surface area contributed by atoms with Gasteiger partial charge in [-0.1, -0.05) is 36.0 Å². The summed E-state index contributed by atoms with van der Waals surface area (Å²) in [5, 5.41) is 9.68. The summed E-state index contributed by atoms with van der Waals surface area (Å²) in [4.78, 5) is 4.62. The molecule has 0 spiro atoms. The molecule has 0 amide bonds. The fourth-order valence-electron chi connectivity index (χ4n) is 2.98. The number of pyridine rings is 1. The Balaban J connectivity index is 1.37. The standard InChI is InChI=1S/C17H17N3O3S2/c21-25(22)8-7-12(11-25)9-16-19-20-17(23-16)24-10-14-6-5-13-3-1-2-4-15(13)18-14/h1-6,12H,7-11H2/t12-/m0/s1. The van der Waals surface area contributed by atoms with Crippen molar-refractivity contribution < 1.29 is 12.8 Å². The normalized spacial score (nSPS) is 19.4. The minimum atomic E-state index is -2.88. The summed E-state index contributed by atoms with van der Waals surface area (Å²) in [6, 6.07) is 12.0. The van der Waals surface area contributed by atoms with Crippen molar-refractivity contribution in [1.29, 1.82) is 0 Å². The zero-order valence-corrected chi connectivity index (χ0v) is 15.1. The van der Waals surface area contributed by atoms with Gasteiger partial charge in [0.1, 0.15) is 0 Å². The molecule has 25 heavy (non-hydrogen) atoms. The monoisotopic (exact) mass is 375 g/mol. The molecule has 6 nitrogen and oxygen atoms in total. The maximum absolute atomic E-state index is 11.5. The lowest BCUT2D eigenvalue weighted by Crippen LogP contribution is -2.07. The second-order valence-corrected chi connectivity index (χ2v) is 9.37. The second kappa shape index (κ2) is 6.76. The second-order valence-electron chi connectivity index (χ2n) is 6.22. The van der Waals surface area contributed by atoms with Gasteiger partial charge in [-0.2, -0.15) is 0 Å². The Bertz CT molecular complexity index is 1000. The molecule has 8 heteroatoms. The van der Waals surface area contributed by atoms with E-state index in [2.05, 4.69) is 21.2 Å². The third-order valence-corrected chi connectivity index (χ3v) is 6.93. The molecule has 0 radical (unpaired) electrons. The number of hydrogen-bond acceptors (Lipinski definition) is 7. The summed E-state index contributed by atoms with van der Waals surface area (Å²) >= 11 is 1.44. The highest BCUT2D eigenvalue weighted by Gasteiger charge is 2.29. The van der Waals surface area contributed by atoms with Gasteiger partial charge in [-0.05, 0) is 24.5 Å². The number of thioether (sulfide) groups is 1. The lowest BCUT2D eigenvalue weighted by Gasteiger charge is -2.02. The van der Waals surface area contributed by atoms with E-state index in [0.717, 1.165) is 16.6 Å². The van der Waals surface area contributed by atoms with E-state index in [1.165, 1.54) is 11.8 Å². The molecular weight excluding hydrogens is 358 g/mol. The first-order valence-corrected chi connectivity index (χ1v) is 10.9. The summed E-state index contributed by atoms with van der Waals surface area (Å²) in [6.45, 7) is 0. The van der Waals surface area contributed by atoms with Crippen LogP contribution in [0.5, 0.6) is 0 Å². The average Bonchev–Trinajstić information content (AvgIpc) is 3.19. The fraction of sp³-hybridized carbons (Fsp3) is 0.353. The summed E-state index contributed by atoms with van der Waals surface area (Å²) in [7, 11) is -2.88. The molecule has 0 N–H and O–H groups in total. The Morgan fingerprint density at radius 1 is 1.16 bits per heavy atom. The van der Waals surface area contributed by atoms with Gasteiger partial charge in [-0.15, -0.1) is 10.2 Å². The number of benzene rings is 1. The Morgan fingerprint density at radius 3 is 2.88 bits per heavy atom. The summed E-state index contributed by atoms with van der Waals surface area (Å²) < 4.78 is 28.7. The minimum absolute atomic E-state index is 0.0884. The van der Waals surface area contributed by atoms with Crippen molar-refractivity contribution >= 4 is 32.5 Å². The van der Waals surface area contributed by atoms with E-state index in [1.54, 1.807) is 0 Å². The topological polar surface area (TPSA) is 86.0 Å². The molecule has 0 bridgehead atoms. The van der Waals surface area contributed by atoms with E-state index >= 15 is 0 Å². The quantitative estimate of drug-likeness (QED) is 0.634. The van der Waals surface area contributed by atoms with E-state index in [4.69, 9.17) is 4.42 Å². The largest absolute Gasteiger partial charge is 0.416 e. The van der Waals surface area contributed by atoms with E-state index in [9.17, 15) is 8.42 Å². The van der Waals surface area contributed by atoms with E-state index in [0.29, 0.717) is 29.7 Å². The Kier molecular flexibility index (Phi) is 4.47. The molecule has 130 valence electrons. The molecule has 1 aliphatic heterocycles. The molecule has 2 aromatic heterocycles. The molecular formula is C17H17N3O3S2. The zero-order chi connectivity index (χ0) is 17.3. The highest BCUT2D eigenvalue weighted by molar-refractivity contribution is 7.98. The van der Waals surface area contributed by atoms with Crippen LogP contribution in [0.25, 0.3) is 10.9 Å². The number of aromatic nitrogens is 3. The SMILES string of the molecule is O=S1(=O)CC[C@@H](Cc2nnc(SCc3ccc4ccccc4n3)o2)C1. The summed E-state index contributed by atoms with van der Waals surface area (Å²) in [6.07, 6.45) is 1.20. The summed E-state index contributed by atoms with van der Waals surface area (Å²) in [5.74, 6) is 1.73. The molecule has 1 fully saturated rings. The van der Waals surface area contributed by atoms with Gasteiger partial charge in [0.25, 0.3) is 5.22 Å². The molecule has 1 aliphatic rings. The van der Waals surface area contributed by atoms with Crippen LogP contribution < -0.4 is 0 Å². The van der Waals surface area contributed by atoms with Gasteiger partial charge in [0.05, 0.1) is 22.7 Å². The van der Waals surface area contributed by atoms with Gasteiger partial charge in [-0.25, -0.2) is 8.42 Å². The molecule has 3 aromatic rings. The molecule has 0 aliphatic carbocycles. The first-order chi connectivity index (χ1) is 12.1. The maximum Gasteiger partial charge on any atom is 0.276 e. The van der Waals surface area contributed by atoms with Gasteiger partial charge < -0.3 is 4.42 Å². The molecule has 0 saturated carbocycles. The van der Waals surface area contributed by atoms with E-state index < -0.39 is 9.84 Å². The minimum Gasteiger partial charge on any atom is -0.416 e. The number of para-hydroxylation sites is 1. The highest BCUT2D eigenvalue weighted by Crippen LogP contribution is 2.25. The highest BCUT2D eigenvalue weighted by atomic mass is 32.2. The lowest BCUT2D eigenvalue weighted by molar-refractivity contribution is 0.389. The van der Waals surface area contributed by atoms with Crippen molar-refractivity contribution in [2.75, 3.05) is 11.5 Å². The van der Waals surface area contributed by atoms with Crippen LogP contribution in [0.1, 0.15) is 18.0 Å². The van der Waals surface area contributed by atoms with Gasteiger partial charge in [0.2, 0.25) is 5.89 Å². The van der Waals surface area contributed by atoms with Gasteiger partial charge in [0, 0.05) is 17.6 Å². The fourth-order valence-corrected chi connectivity index (χ4v) is 5.53. The van der Waals surface area contributed by atoms with Crippen molar-refractivity contribution in [2.45, 2.75) is 23.8 Å². The first kappa shape index (κ1) is 16.5. The van der Waals surface area contributed by atoms with Crippen molar-refractivity contribution in [3.05, 3.63) is 48.0 Å². The molecule has 3 heterocycles. The van der Waals surface area contributed by atoms with Crippen LogP contribution >= 0.6 is 11.8 Å². The van der Waals surface area contributed by atoms with Crippen molar-refractivity contribution in [3.63, 3.8) is 0 Å². The molecule has 4 rings (SSSR count). The number of rotatable bonds is 5. The number of hydrogen-bond donors (Lipinski definition) is 0. The zero-order valence-electron chi connectivity index (χ0n) is 13.5. The predicted molar refractivity (Wildman–Crippen MR) is 96.1 cm³/mol. The van der Waals surface area contributed by atoms with Gasteiger partial charge in [0.15, 0.2) is 9.84 Å². The van der Waals surface area contributed by atoms with Gasteiger partial charge in [-0.3, -0.25) is 4.98 Å². The third kappa shape index (κ3) is 4.01. The van der Waals surface area contributed by atoms with Crippen LogP contribution in [-0.2, 0) is 22.0 Å². The third-order valence-electron chi connectivity index (χ3n) is 4.24. The number of fused-ring (bicyclic) bond motifs is 1. The smallest absolute Gasteiger partial charge is 0.276 e. The van der Waals surface area contributed by atoms with Crippen LogP contribution in [0, 0.1) is 5.92 Å².